The molecule has 11 nitrogen and oxygen atoms in total. The number of phenolic OH excluding ortho intramolecular Hbond substituents is 1. The molecule has 3 amide bonds. The van der Waals surface area contributed by atoms with Crippen LogP contribution in [0.2, 0.25) is 0 Å². The van der Waals surface area contributed by atoms with E-state index in [0.717, 1.165) is 0 Å². The number of rotatable bonds is 14. The molecule has 0 heterocycles. The Morgan fingerprint density at radius 2 is 1.31 bits per heavy atom. The molecular weight excluding hydrogens is 468 g/mol. The lowest BCUT2D eigenvalue weighted by Crippen LogP contribution is -2.59. The maximum atomic E-state index is 13.3. The summed E-state index contributed by atoms with van der Waals surface area (Å²) in [5.74, 6) is -3.19. The topological polar surface area (TPSA) is 191 Å². The van der Waals surface area contributed by atoms with E-state index in [4.69, 9.17) is 5.73 Å². The first-order valence-electron chi connectivity index (χ1n) is 12.1. The number of amides is 3. The number of hydrogen-bond donors (Lipinski definition) is 7. The second-order valence-corrected chi connectivity index (χ2v) is 9.92. The van der Waals surface area contributed by atoms with Gasteiger partial charge in [0.15, 0.2) is 6.04 Å². The van der Waals surface area contributed by atoms with Crippen LogP contribution in [-0.2, 0) is 25.6 Å². The quantitative estimate of drug-likeness (QED) is 0.186. The number of carbonyl (C=O) groups is 4. The van der Waals surface area contributed by atoms with E-state index in [-0.39, 0.29) is 30.4 Å². The molecule has 1 aromatic carbocycles. The third-order valence-electron chi connectivity index (χ3n) is 5.46. The summed E-state index contributed by atoms with van der Waals surface area (Å²) in [4.78, 5) is 50.3. The van der Waals surface area contributed by atoms with Gasteiger partial charge in [0.1, 0.15) is 17.8 Å². The predicted molar refractivity (Wildman–Crippen MR) is 134 cm³/mol. The molecule has 8 N–H and O–H groups in total. The van der Waals surface area contributed by atoms with Gasteiger partial charge in [-0.3, -0.25) is 14.4 Å². The second-order valence-electron chi connectivity index (χ2n) is 9.92. The van der Waals surface area contributed by atoms with Crippen molar-refractivity contribution >= 4 is 23.7 Å². The molecule has 0 aliphatic heterocycles. The van der Waals surface area contributed by atoms with Crippen LogP contribution >= 0.6 is 0 Å². The smallest absolute Gasteiger partial charge is 0.328 e. The Morgan fingerprint density at radius 3 is 1.78 bits per heavy atom. The van der Waals surface area contributed by atoms with E-state index in [1.54, 1.807) is 12.1 Å². The van der Waals surface area contributed by atoms with Gasteiger partial charge in [0.2, 0.25) is 17.7 Å². The molecule has 0 bridgehead atoms. The number of nitrogens with one attached hydrogen (secondary N) is 3. The monoisotopic (exact) mass is 508 g/mol. The average molecular weight is 509 g/mol. The van der Waals surface area contributed by atoms with Crippen molar-refractivity contribution in [3.63, 3.8) is 0 Å². The van der Waals surface area contributed by atoms with Crippen molar-refractivity contribution in [1.29, 1.82) is 0 Å². The average Bonchev–Trinajstić information content (AvgIpc) is 2.76. The molecule has 202 valence electrons. The molecule has 1 aromatic rings. The number of carboxylic acids is 1. The maximum absolute atomic E-state index is 13.3. The minimum atomic E-state index is -1.55. The van der Waals surface area contributed by atoms with E-state index in [9.17, 15) is 34.5 Å². The van der Waals surface area contributed by atoms with Crippen LogP contribution in [0.3, 0.4) is 0 Å². The molecule has 0 aliphatic rings. The third kappa shape index (κ3) is 10.6. The van der Waals surface area contributed by atoms with Gasteiger partial charge in [0, 0.05) is 6.42 Å². The number of hydrogen-bond acceptors (Lipinski definition) is 7. The number of aromatic hydroxyl groups is 1. The van der Waals surface area contributed by atoms with Gasteiger partial charge in [-0.1, -0.05) is 39.8 Å². The van der Waals surface area contributed by atoms with Gasteiger partial charge >= 0.3 is 5.97 Å². The van der Waals surface area contributed by atoms with Gasteiger partial charge in [-0.15, -0.1) is 0 Å². The van der Waals surface area contributed by atoms with Gasteiger partial charge in [-0.2, -0.15) is 0 Å². The molecule has 0 aliphatic carbocycles. The Labute approximate surface area is 211 Å². The lowest BCUT2D eigenvalue weighted by Gasteiger charge is -2.27. The molecule has 0 spiro atoms. The van der Waals surface area contributed by atoms with Crippen molar-refractivity contribution in [1.82, 2.24) is 16.0 Å². The van der Waals surface area contributed by atoms with E-state index in [0.29, 0.717) is 12.0 Å². The first-order valence-corrected chi connectivity index (χ1v) is 12.1. The fourth-order valence-electron chi connectivity index (χ4n) is 3.59. The Kier molecular flexibility index (Phi) is 12.3. The maximum Gasteiger partial charge on any atom is 0.328 e. The first-order chi connectivity index (χ1) is 16.7. The summed E-state index contributed by atoms with van der Waals surface area (Å²) in [6.45, 7) is 8.73. The summed E-state index contributed by atoms with van der Waals surface area (Å²) in [5, 5.41) is 36.1. The Morgan fingerprint density at radius 1 is 0.806 bits per heavy atom. The van der Waals surface area contributed by atoms with Crippen LogP contribution in [0.1, 0.15) is 53.0 Å². The molecule has 5 unspecified atom stereocenters. The normalized spacial score (nSPS) is 15.5. The standard InChI is InChI=1S/C25H40N4O7/c1-13(2)10-18(26)22(32)27-20(12-16-6-8-17(31)9-7-16)23(33)28-19(11-14(3)4)24(34)29-21(15(5)30)25(35)36/h6-9,13-15,18-21,30-31H,10-12,26H2,1-5H3,(H,27,32)(H,28,33)(H,29,34)(H,35,36). The van der Waals surface area contributed by atoms with Crippen LogP contribution in [0, 0.1) is 11.8 Å². The molecule has 11 heteroatoms. The largest absolute Gasteiger partial charge is 0.508 e. The van der Waals surface area contributed by atoms with E-state index in [1.807, 2.05) is 27.7 Å². The van der Waals surface area contributed by atoms with Crippen molar-refractivity contribution in [2.24, 2.45) is 17.6 Å². The fraction of sp³-hybridized carbons (Fsp3) is 0.600. The first kappa shape index (κ1) is 30.9. The van der Waals surface area contributed by atoms with Crippen LogP contribution in [0.5, 0.6) is 5.75 Å². The molecular formula is C25H40N4O7. The van der Waals surface area contributed by atoms with Crippen molar-refractivity contribution in [2.45, 2.75) is 84.2 Å². The lowest BCUT2D eigenvalue weighted by atomic mass is 9.99. The van der Waals surface area contributed by atoms with E-state index in [2.05, 4.69) is 16.0 Å². The zero-order valence-electron chi connectivity index (χ0n) is 21.5. The summed E-state index contributed by atoms with van der Waals surface area (Å²) >= 11 is 0. The number of aliphatic hydroxyl groups is 1. The van der Waals surface area contributed by atoms with Crippen molar-refractivity contribution in [2.75, 3.05) is 0 Å². The number of benzene rings is 1. The SMILES string of the molecule is CC(C)CC(N)C(=O)NC(Cc1ccc(O)cc1)C(=O)NC(CC(C)C)C(=O)NC(C(=O)O)C(C)O. The summed E-state index contributed by atoms with van der Waals surface area (Å²) in [6, 6.07) is 1.53. The summed E-state index contributed by atoms with van der Waals surface area (Å²) in [6.07, 6.45) is -0.691. The van der Waals surface area contributed by atoms with E-state index >= 15 is 0 Å². The van der Waals surface area contributed by atoms with Crippen LogP contribution < -0.4 is 21.7 Å². The van der Waals surface area contributed by atoms with Gasteiger partial charge in [-0.05, 0) is 49.3 Å². The minimum Gasteiger partial charge on any atom is -0.508 e. The number of phenols is 1. The number of carboxylic acid groups (broad SMARTS) is 1. The Bertz CT molecular complexity index is 887. The number of aliphatic carboxylic acids is 1. The highest BCUT2D eigenvalue weighted by atomic mass is 16.4. The van der Waals surface area contributed by atoms with Crippen molar-refractivity contribution in [3.05, 3.63) is 29.8 Å². The molecule has 0 fully saturated rings. The molecule has 1 rings (SSSR count). The summed E-state index contributed by atoms with van der Waals surface area (Å²) < 4.78 is 0. The highest BCUT2D eigenvalue weighted by molar-refractivity contribution is 5.94. The van der Waals surface area contributed by atoms with Crippen LogP contribution in [0.15, 0.2) is 24.3 Å². The summed E-state index contributed by atoms with van der Waals surface area (Å²) in [5.41, 5.74) is 6.64. The van der Waals surface area contributed by atoms with Crippen LogP contribution in [-0.4, -0.2) is 69.3 Å². The minimum absolute atomic E-state index is 0.0412. The Balaban J connectivity index is 3.14. The van der Waals surface area contributed by atoms with Crippen molar-refractivity contribution in [3.8, 4) is 5.75 Å². The summed E-state index contributed by atoms with van der Waals surface area (Å²) in [7, 11) is 0. The molecule has 36 heavy (non-hydrogen) atoms. The molecule has 0 saturated carbocycles. The van der Waals surface area contributed by atoms with Crippen LogP contribution in [0.4, 0.5) is 0 Å². The molecule has 5 atom stereocenters. The van der Waals surface area contributed by atoms with E-state index in [1.165, 1.54) is 19.1 Å². The molecule has 0 saturated heterocycles. The number of nitrogens with two attached hydrogens (primary N) is 1. The number of carbonyl (C=O) groups excluding carboxylic acids is 3. The zero-order valence-corrected chi connectivity index (χ0v) is 21.5. The zero-order chi connectivity index (χ0) is 27.6. The second kappa shape index (κ2) is 14.4. The lowest BCUT2D eigenvalue weighted by molar-refractivity contribution is -0.145. The van der Waals surface area contributed by atoms with Gasteiger partial charge in [0.05, 0.1) is 12.1 Å². The van der Waals surface area contributed by atoms with Crippen molar-refractivity contribution < 1.29 is 34.5 Å². The highest BCUT2D eigenvalue weighted by Gasteiger charge is 2.32. The predicted octanol–water partition coefficient (Wildman–Crippen LogP) is 0.274. The van der Waals surface area contributed by atoms with Gasteiger partial charge in [0.25, 0.3) is 0 Å². The van der Waals surface area contributed by atoms with Gasteiger partial charge < -0.3 is 37.0 Å². The molecule has 0 radical (unpaired) electrons. The third-order valence-corrected chi connectivity index (χ3v) is 5.46. The van der Waals surface area contributed by atoms with Crippen LogP contribution in [0.25, 0.3) is 0 Å². The van der Waals surface area contributed by atoms with E-state index < -0.39 is 54.0 Å². The Hall–Kier alpha value is -3.18. The van der Waals surface area contributed by atoms with Gasteiger partial charge in [-0.25, -0.2) is 4.79 Å². The number of aliphatic hydroxyl groups excluding tert-OH is 1. The fourth-order valence-corrected chi connectivity index (χ4v) is 3.59. The highest BCUT2D eigenvalue weighted by Crippen LogP contribution is 2.13. The molecule has 0 aromatic heterocycles.